The van der Waals surface area contributed by atoms with E-state index in [4.69, 9.17) is 0 Å². The summed E-state index contributed by atoms with van der Waals surface area (Å²) in [5.41, 5.74) is 2.04. The molecule has 1 aliphatic heterocycles. The third kappa shape index (κ3) is 4.20. The van der Waals surface area contributed by atoms with Gasteiger partial charge < -0.3 is 15.1 Å². The van der Waals surface area contributed by atoms with Crippen LogP contribution in [0.25, 0.3) is 0 Å². The molecule has 186 valence electrons. The summed E-state index contributed by atoms with van der Waals surface area (Å²) in [7, 11) is 0. The third-order valence-corrected chi connectivity index (χ3v) is 10.1. The highest BCUT2D eigenvalue weighted by Gasteiger charge is 2.53. The van der Waals surface area contributed by atoms with Crippen molar-refractivity contribution in [3.63, 3.8) is 0 Å². The molecule has 2 aromatic rings. The molecule has 1 amide bonds. The molecule has 4 bridgehead atoms. The number of hydrogen-bond acceptors (Lipinski definition) is 6. The van der Waals surface area contributed by atoms with Gasteiger partial charge >= 0.3 is 0 Å². The summed E-state index contributed by atoms with van der Waals surface area (Å²) in [5, 5.41) is 17.5. The summed E-state index contributed by atoms with van der Waals surface area (Å²) in [4.78, 5) is 29.2. The van der Waals surface area contributed by atoms with E-state index in [1.165, 1.54) is 49.9 Å². The maximum atomic E-state index is 12.7. The SMILES string of the molecule is C[C@@H](Nc1cc(N2CCN(C(=O)c3cccs3)CC2)ccc1[N+](=O)[O-])C12CC3CC(CC(C3)C1)C2. The fourth-order valence-electron chi connectivity index (χ4n) is 7.81. The number of carbonyl (C=O) groups excluding carboxylic acids is 1. The van der Waals surface area contributed by atoms with Crippen LogP contribution in [0.5, 0.6) is 0 Å². The standard InChI is InChI=1S/C27H34N4O3S/c1-18(27-15-19-11-20(16-27)13-21(12-19)17-27)28-23-14-22(4-5-24(23)31(33)34)29-6-8-30(9-7-29)26(32)25-3-2-10-35-25/h2-5,10,14,18-21,28H,6-9,11-13,15-17H2,1H3/t18-,19?,20?,21?,27?/m1/s1. The second-order valence-electron chi connectivity index (χ2n) is 11.4. The van der Waals surface area contributed by atoms with Crippen molar-refractivity contribution in [2.24, 2.45) is 23.2 Å². The zero-order chi connectivity index (χ0) is 24.2. The number of benzene rings is 1. The lowest BCUT2D eigenvalue weighted by molar-refractivity contribution is -0.384. The molecule has 8 heteroatoms. The van der Waals surface area contributed by atoms with Crippen LogP contribution in [-0.2, 0) is 0 Å². The number of nitrogens with zero attached hydrogens (tertiary/aromatic N) is 3. The molecule has 1 atom stereocenters. The largest absolute Gasteiger partial charge is 0.376 e. The minimum absolute atomic E-state index is 0.0927. The maximum Gasteiger partial charge on any atom is 0.292 e. The van der Waals surface area contributed by atoms with Crippen LogP contribution in [0.4, 0.5) is 17.1 Å². The van der Waals surface area contributed by atoms with Crippen LogP contribution in [0.3, 0.4) is 0 Å². The molecule has 1 aromatic heterocycles. The van der Waals surface area contributed by atoms with Gasteiger partial charge in [0.15, 0.2) is 0 Å². The van der Waals surface area contributed by atoms with Gasteiger partial charge in [0, 0.05) is 44.0 Å². The highest BCUT2D eigenvalue weighted by Crippen LogP contribution is 2.61. The van der Waals surface area contributed by atoms with Gasteiger partial charge in [-0.25, -0.2) is 0 Å². The molecule has 1 N–H and O–H groups in total. The van der Waals surface area contributed by atoms with E-state index in [2.05, 4.69) is 17.1 Å². The summed E-state index contributed by atoms with van der Waals surface area (Å²) in [6, 6.07) is 9.46. The zero-order valence-electron chi connectivity index (χ0n) is 20.3. The van der Waals surface area contributed by atoms with Gasteiger partial charge in [-0.1, -0.05) is 6.07 Å². The van der Waals surface area contributed by atoms with Crippen molar-refractivity contribution in [3.8, 4) is 0 Å². The number of anilines is 2. The summed E-state index contributed by atoms with van der Waals surface area (Å²) in [6.45, 7) is 5.00. The van der Waals surface area contributed by atoms with Gasteiger partial charge in [-0.3, -0.25) is 14.9 Å². The molecule has 0 unspecified atom stereocenters. The van der Waals surface area contributed by atoms with Crippen molar-refractivity contribution in [1.82, 2.24) is 4.90 Å². The molecule has 4 saturated carbocycles. The predicted octanol–water partition coefficient (Wildman–Crippen LogP) is 5.64. The van der Waals surface area contributed by atoms with E-state index in [0.29, 0.717) is 18.8 Å². The van der Waals surface area contributed by atoms with Crippen molar-refractivity contribution in [3.05, 3.63) is 50.7 Å². The number of amides is 1. The first-order valence-corrected chi connectivity index (χ1v) is 13.9. The maximum absolute atomic E-state index is 12.7. The second kappa shape index (κ2) is 8.80. The summed E-state index contributed by atoms with van der Waals surface area (Å²) in [6.07, 6.45) is 7.97. The highest BCUT2D eigenvalue weighted by atomic mass is 32.1. The number of nitro groups is 1. The van der Waals surface area contributed by atoms with E-state index in [-0.39, 0.29) is 28.0 Å². The lowest BCUT2D eigenvalue weighted by Crippen LogP contribution is -2.53. The number of piperazine rings is 1. The Kier molecular flexibility index (Phi) is 5.74. The number of carbonyl (C=O) groups is 1. The lowest BCUT2D eigenvalue weighted by atomic mass is 9.48. The molecule has 5 aliphatic rings. The normalized spacial score (nSPS) is 30.4. The molecular formula is C27H34N4O3S. The Morgan fingerprint density at radius 1 is 1.09 bits per heavy atom. The van der Waals surface area contributed by atoms with Gasteiger partial charge in [-0.15, -0.1) is 11.3 Å². The minimum atomic E-state index is -0.268. The lowest BCUT2D eigenvalue weighted by Gasteiger charge is -2.59. The molecular weight excluding hydrogens is 460 g/mol. The average molecular weight is 495 g/mol. The Balaban J connectivity index is 1.18. The number of nitrogens with one attached hydrogen (secondary N) is 1. The number of rotatable bonds is 6. The van der Waals surface area contributed by atoms with Crippen molar-refractivity contribution >= 4 is 34.3 Å². The van der Waals surface area contributed by atoms with Crippen LogP contribution in [0.1, 0.15) is 55.1 Å². The van der Waals surface area contributed by atoms with Crippen LogP contribution >= 0.6 is 11.3 Å². The molecule has 2 heterocycles. The predicted molar refractivity (Wildman–Crippen MR) is 139 cm³/mol. The molecule has 4 aliphatic carbocycles. The van der Waals surface area contributed by atoms with E-state index >= 15 is 0 Å². The molecule has 35 heavy (non-hydrogen) atoms. The van der Waals surface area contributed by atoms with Gasteiger partial charge in [0.2, 0.25) is 0 Å². The fourth-order valence-corrected chi connectivity index (χ4v) is 8.50. The molecule has 0 radical (unpaired) electrons. The Hall–Kier alpha value is -2.61. The van der Waals surface area contributed by atoms with Crippen LogP contribution in [-0.4, -0.2) is 48.0 Å². The van der Waals surface area contributed by atoms with Crippen LogP contribution < -0.4 is 10.2 Å². The molecule has 7 rings (SSSR count). The molecule has 0 spiro atoms. The van der Waals surface area contributed by atoms with E-state index < -0.39 is 0 Å². The zero-order valence-corrected chi connectivity index (χ0v) is 21.1. The van der Waals surface area contributed by atoms with E-state index in [9.17, 15) is 14.9 Å². The van der Waals surface area contributed by atoms with Crippen molar-refractivity contribution in [1.29, 1.82) is 0 Å². The van der Waals surface area contributed by atoms with E-state index in [1.807, 2.05) is 34.5 Å². The average Bonchev–Trinajstić information content (AvgIpc) is 3.38. The summed E-state index contributed by atoms with van der Waals surface area (Å²) >= 11 is 1.48. The topological polar surface area (TPSA) is 78.7 Å². The monoisotopic (exact) mass is 494 g/mol. The summed E-state index contributed by atoms with van der Waals surface area (Å²) in [5.74, 6) is 2.63. The number of nitro benzene ring substituents is 1. The van der Waals surface area contributed by atoms with Gasteiger partial charge in [0.05, 0.1) is 9.80 Å². The minimum Gasteiger partial charge on any atom is -0.376 e. The Morgan fingerprint density at radius 3 is 2.31 bits per heavy atom. The molecule has 7 nitrogen and oxygen atoms in total. The number of hydrogen-bond donors (Lipinski definition) is 1. The molecule has 1 aromatic carbocycles. The van der Waals surface area contributed by atoms with Crippen molar-refractivity contribution in [2.45, 2.75) is 51.5 Å². The second-order valence-corrected chi connectivity index (χ2v) is 12.3. The Bertz CT molecular complexity index is 1070. The van der Waals surface area contributed by atoms with Crippen molar-refractivity contribution in [2.75, 3.05) is 36.4 Å². The smallest absolute Gasteiger partial charge is 0.292 e. The van der Waals surface area contributed by atoms with E-state index in [1.54, 1.807) is 6.07 Å². The summed E-state index contributed by atoms with van der Waals surface area (Å²) < 4.78 is 0. The third-order valence-electron chi connectivity index (χ3n) is 9.22. The first kappa shape index (κ1) is 22.8. The molecule has 1 saturated heterocycles. The fraction of sp³-hybridized carbons (Fsp3) is 0.593. The van der Waals surface area contributed by atoms with Gasteiger partial charge in [-0.2, -0.15) is 0 Å². The van der Waals surface area contributed by atoms with E-state index in [0.717, 1.165) is 41.4 Å². The highest BCUT2D eigenvalue weighted by molar-refractivity contribution is 7.12. The first-order valence-electron chi connectivity index (χ1n) is 13.0. The first-order chi connectivity index (χ1) is 16.9. The number of thiophene rings is 1. The van der Waals surface area contributed by atoms with Gasteiger partial charge in [-0.05, 0) is 92.2 Å². The Morgan fingerprint density at radius 2 is 1.74 bits per heavy atom. The van der Waals surface area contributed by atoms with Crippen LogP contribution in [0.2, 0.25) is 0 Å². The quantitative estimate of drug-likeness (QED) is 0.416. The van der Waals surface area contributed by atoms with Gasteiger partial charge in [0.1, 0.15) is 5.69 Å². The van der Waals surface area contributed by atoms with Gasteiger partial charge in [0.25, 0.3) is 11.6 Å². The van der Waals surface area contributed by atoms with Crippen LogP contribution in [0, 0.1) is 33.3 Å². The van der Waals surface area contributed by atoms with Crippen molar-refractivity contribution < 1.29 is 9.72 Å². The van der Waals surface area contributed by atoms with Crippen LogP contribution in [0.15, 0.2) is 35.7 Å². The molecule has 5 fully saturated rings. The Labute approximate surface area is 210 Å².